The van der Waals surface area contributed by atoms with Gasteiger partial charge < -0.3 is 20.1 Å². The Labute approximate surface area is 217 Å². The molecule has 37 heavy (non-hydrogen) atoms. The summed E-state index contributed by atoms with van der Waals surface area (Å²) >= 11 is 0. The number of nitrogens with one attached hydrogen (secondary N) is 2. The number of ether oxygens (including phenoxy) is 2. The maximum atomic E-state index is 12.5. The summed E-state index contributed by atoms with van der Waals surface area (Å²) in [5, 5.41) is 5.78. The van der Waals surface area contributed by atoms with Crippen molar-refractivity contribution >= 4 is 23.2 Å². The number of amides is 2. The normalized spacial score (nSPS) is 12.2. The molecule has 0 aliphatic heterocycles. The predicted molar refractivity (Wildman–Crippen MR) is 146 cm³/mol. The minimum absolute atomic E-state index is 0.210. The lowest BCUT2D eigenvalue weighted by atomic mass is 10.0. The van der Waals surface area contributed by atoms with Crippen molar-refractivity contribution in [3.05, 3.63) is 120 Å². The number of hydrogen-bond donors (Lipinski definition) is 2. The summed E-state index contributed by atoms with van der Waals surface area (Å²) in [6.07, 6.45) is -0.508. The Morgan fingerprint density at radius 3 is 1.27 bits per heavy atom. The van der Waals surface area contributed by atoms with Gasteiger partial charge in [0.25, 0.3) is 11.8 Å². The molecule has 0 fully saturated rings. The van der Waals surface area contributed by atoms with Gasteiger partial charge in [0.15, 0.2) is 12.2 Å². The number of rotatable bonds is 10. The molecule has 4 rings (SSSR count). The van der Waals surface area contributed by atoms with Crippen molar-refractivity contribution in [2.45, 2.75) is 32.5 Å². The van der Waals surface area contributed by atoms with Gasteiger partial charge in [-0.2, -0.15) is 0 Å². The molecule has 0 aliphatic rings. The Balaban J connectivity index is 1.26. The second-order valence-corrected chi connectivity index (χ2v) is 8.70. The first-order valence-electron chi connectivity index (χ1n) is 12.2. The average Bonchev–Trinajstić information content (AvgIpc) is 2.92. The zero-order valence-corrected chi connectivity index (χ0v) is 20.9. The molecule has 0 unspecified atom stereocenters. The van der Waals surface area contributed by atoms with E-state index in [-0.39, 0.29) is 11.8 Å². The highest BCUT2D eigenvalue weighted by molar-refractivity contribution is 5.94. The van der Waals surface area contributed by atoms with Gasteiger partial charge in [-0.25, -0.2) is 0 Å². The molecular formula is C31H30N2O4. The van der Waals surface area contributed by atoms with Crippen LogP contribution in [0, 0.1) is 0 Å². The van der Waals surface area contributed by atoms with E-state index in [0.717, 1.165) is 17.5 Å². The van der Waals surface area contributed by atoms with Crippen molar-refractivity contribution in [2.24, 2.45) is 0 Å². The number of carbonyl (C=O) groups is 2. The van der Waals surface area contributed by atoms with Gasteiger partial charge in [-0.3, -0.25) is 9.59 Å². The number of hydrogen-bond acceptors (Lipinski definition) is 4. The van der Waals surface area contributed by atoms with Gasteiger partial charge in [-0.15, -0.1) is 0 Å². The summed E-state index contributed by atoms with van der Waals surface area (Å²) < 4.78 is 11.4. The van der Waals surface area contributed by atoms with E-state index >= 15 is 0 Å². The Morgan fingerprint density at radius 1 is 0.568 bits per heavy atom. The van der Waals surface area contributed by atoms with Crippen LogP contribution in [0.15, 0.2) is 109 Å². The highest BCUT2D eigenvalue weighted by Gasteiger charge is 2.16. The Bertz CT molecular complexity index is 1190. The van der Waals surface area contributed by atoms with Gasteiger partial charge in [0.2, 0.25) is 0 Å². The molecule has 0 aliphatic carbocycles. The van der Waals surface area contributed by atoms with Crippen LogP contribution in [0.5, 0.6) is 11.5 Å². The molecule has 4 aromatic rings. The molecule has 0 spiro atoms. The lowest BCUT2D eigenvalue weighted by molar-refractivity contribution is -0.122. The number of para-hydroxylation sites is 2. The van der Waals surface area contributed by atoms with E-state index in [1.54, 1.807) is 13.8 Å². The smallest absolute Gasteiger partial charge is 0.265 e. The maximum absolute atomic E-state index is 12.5. The lowest BCUT2D eigenvalue weighted by Crippen LogP contribution is -2.30. The highest BCUT2D eigenvalue weighted by atomic mass is 16.5. The minimum atomic E-state index is -0.617. The van der Waals surface area contributed by atoms with Gasteiger partial charge in [-0.05, 0) is 79.9 Å². The van der Waals surface area contributed by atoms with Crippen molar-refractivity contribution in [3.63, 3.8) is 0 Å². The van der Waals surface area contributed by atoms with Gasteiger partial charge in [0.1, 0.15) is 11.5 Å². The summed E-state index contributed by atoms with van der Waals surface area (Å²) in [4.78, 5) is 24.9. The van der Waals surface area contributed by atoms with Crippen LogP contribution in [0.1, 0.15) is 25.0 Å². The summed E-state index contributed by atoms with van der Waals surface area (Å²) in [6.45, 7) is 3.44. The first-order valence-corrected chi connectivity index (χ1v) is 12.2. The topological polar surface area (TPSA) is 76.7 Å². The first kappa shape index (κ1) is 25.5. The monoisotopic (exact) mass is 494 g/mol. The van der Waals surface area contributed by atoms with Gasteiger partial charge >= 0.3 is 0 Å². The third kappa shape index (κ3) is 7.70. The molecule has 188 valence electrons. The molecule has 2 amide bonds. The zero-order valence-electron chi connectivity index (χ0n) is 20.9. The van der Waals surface area contributed by atoms with Gasteiger partial charge in [-0.1, -0.05) is 60.7 Å². The molecule has 0 saturated heterocycles. The molecule has 2 atom stereocenters. The number of anilines is 2. The highest BCUT2D eigenvalue weighted by Crippen LogP contribution is 2.18. The molecule has 2 N–H and O–H groups in total. The SMILES string of the molecule is C[C@H](Oc1ccccc1)C(=O)Nc1ccc(Cc2ccc(NC(=O)[C@H](C)Oc3ccccc3)cc2)cc1. The second-order valence-electron chi connectivity index (χ2n) is 8.70. The van der Waals surface area contributed by atoms with Gasteiger partial charge in [0.05, 0.1) is 0 Å². The quantitative estimate of drug-likeness (QED) is 0.280. The fourth-order valence-corrected chi connectivity index (χ4v) is 3.65. The number of benzene rings is 4. The van der Waals surface area contributed by atoms with Crippen molar-refractivity contribution in [1.29, 1.82) is 0 Å². The van der Waals surface area contributed by atoms with E-state index in [1.807, 2.05) is 109 Å². The van der Waals surface area contributed by atoms with Crippen molar-refractivity contribution < 1.29 is 19.1 Å². The number of carbonyl (C=O) groups excluding carboxylic acids is 2. The van der Waals surface area contributed by atoms with Crippen LogP contribution >= 0.6 is 0 Å². The van der Waals surface area contributed by atoms with Crippen molar-refractivity contribution in [3.8, 4) is 11.5 Å². The Morgan fingerprint density at radius 2 is 0.919 bits per heavy atom. The van der Waals surface area contributed by atoms with E-state index < -0.39 is 12.2 Å². The Hall–Kier alpha value is -4.58. The molecule has 0 radical (unpaired) electrons. The fraction of sp³-hybridized carbons (Fsp3) is 0.161. The summed E-state index contributed by atoms with van der Waals surface area (Å²) in [5.41, 5.74) is 3.63. The average molecular weight is 495 g/mol. The van der Waals surface area contributed by atoms with Crippen LogP contribution in [0.25, 0.3) is 0 Å². The summed E-state index contributed by atoms with van der Waals surface area (Å²) in [7, 11) is 0. The molecule has 6 heteroatoms. The largest absolute Gasteiger partial charge is 0.481 e. The molecule has 0 saturated carbocycles. The molecule has 6 nitrogen and oxygen atoms in total. The molecular weight excluding hydrogens is 464 g/mol. The summed E-state index contributed by atoms with van der Waals surface area (Å²) in [6, 6.07) is 34.0. The molecule has 0 bridgehead atoms. The third-order valence-corrected chi connectivity index (χ3v) is 5.70. The maximum Gasteiger partial charge on any atom is 0.265 e. The van der Waals surface area contributed by atoms with E-state index in [0.29, 0.717) is 22.9 Å². The van der Waals surface area contributed by atoms with Gasteiger partial charge in [0, 0.05) is 11.4 Å². The molecule has 4 aromatic carbocycles. The van der Waals surface area contributed by atoms with Crippen LogP contribution in [0.3, 0.4) is 0 Å². The second kappa shape index (κ2) is 12.4. The third-order valence-electron chi connectivity index (χ3n) is 5.70. The van der Waals surface area contributed by atoms with Crippen LogP contribution in [0.4, 0.5) is 11.4 Å². The van der Waals surface area contributed by atoms with Crippen molar-refractivity contribution in [2.75, 3.05) is 10.6 Å². The first-order chi connectivity index (χ1) is 18.0. The molecule has 0 heterocycles. The summed E-state index contributed by atoms with van der Waals surface area (Å²) in [5.74, 6) is 0.887. The predicted octanol–water partition coefficient (Wildman–Crippen LogP) is 6.09. The lowest BCUT2D eigenvalue weighted by Gasteiger charge is -2.15. The van der Waals surface area contributed by atoms with E-state index in [2.05, 4.69) is 10.6 Å². The van der Waals surface area contributed by atoms with Crippen LogP contribution in [-0.4, -0.2) is 24.0 Å². The van der Waals surface area contributed by atoms with Crippen molar-refractivity contribution in [1.82, 2.24) is 0 Å². The van der Waals surface area contributed by atoms with Crippen LogP contribution in [-0.2, 0) is 16.0 Å². The zero-order chi connectivity index (χ0) is 26.0. The van der Waals surface area contributed by atoms with E-state index in [4.69, 9.17) is 9.47 Å². The Kier molecular flexibility index (Phi) is 8.55. The minimum Gasteiger partial charge on any atom is -0.481 e. The molecule has 0 aromatic heterocycles. The van der Waals surface area contributed by atoms with E-state index in [1.165, 1.54) is 0 Å². The van der Waals surface area contributed by atoms with E-state index in [9.17, 15) is 9.59 Å². The van der Waals surface area contributed by atoms with Crippen LogP contribution in [0.2, 0.25) is 0 Å². The standard InChI is InChI=1S/C31H30N2O4/c1-22(36-28-9-5-3-6-10-28)30(34)32-26-17-13-24(14-18-26)21-25-15-19-27(20-16-25)33-31(35)23(2)37-29-11-7-4-8-12-29/h3-20,22-23H,21H2,1-2H3,(H,32,34)(H,33,35)/t22-,23-/m0/s1. The van der Waals surface area contributed by atoms with Crippen LogP contribution < -0.4 is 20.1 Å². The fourth-order valence-electron chi connectivity index (χ4n) is 3.65.